The second kappa shape index (κ2) is 3.68. The van der Waals surface area contributed by atoms with Crippen LogP contribution in [0.1, 0.15) is 30.0 Å². The highest BCUT2D eigenvalue weighted by Crippen LogP contribution is 2.42. The maximum absolute atomic E-state index is 5.72. The van der Waals surface area contributed by atoms with Crippen molar-refractivity contribution >= 4 is 0 Å². The average molecular weight is 215 g/mol. The van der Waals surface area contributed by atoms with Crippen molar-refractivity contribution in [2.75, 3.05) is 0 Å². The molecule has 3 rings (SSSR count). The summed E-state index contributed by atoms with van der Waals surface area (Å²) in [5.74, 6) is 1.37. The van der Waals surface area contributed by atoms with Crippen LogP contribution in [0.5, 0.6) is 0 Å². The van der Waals surface area contributed by atoms with E-state index >= 15 is 0 Å². The Labute approximate surface area is 93.3 Å². The van der Waals surface area contributed by atoms with Crippen molar-refractivity contribution in [1.29, 1.82) is 0 Å². The molecule has 5 heteroatoms. The highest BCUT2D eigenvalue weighted by molar-refractivity contribution is 5.32. The lowest BCUT2D eigenvalue weighted by Gasteiger charge is -2.06. The van der Waals surface area contributed by atoms with Crippen LogP contribution in [0.15, 0.2) is 24.5 Å². The molecule has 1 saturated carbocycles. The van der Waals surface area contributed by atoms with Crippen molar-refractivity contribution in [3.63, 3.8) is 0 Å². The van der Waals surface area contributed by atoms with E-state index in [-0.39, 0.29) is 0 Å². The molecule has 2 heterocycles. The van der Waals surface area contributed by atoms with Gasteiger partial charge < -0.3 is 5.73 Å². The van der Waals surface area contributed by atoms with Gasteiger partial charge in [-0.3, -0.25) is 0 Å². The maximum atomic E-state index is 5.72. The fourth-order valence-corrected chi connectivity index (χ4v) is 1.93. The molecular formula is C11H13N5. The van der Waals surface area contributed by atoms with E-state index in [2.05, 4.69) is 15.3 Å². The summed E-state index contributed by atoms with van der Waals surface area (Å²) in [5.41, 5.74) is 8.05. The van der Waals surface area contributed by atoms with Gasteiger partial charge in [0.2, 0.25) is 0 Å². The Kier molecular flexibility index (Phi) is 2.18. The van der Waals surface area contributed by atoms with Gasteiger partial charge in [0, 0.05) is 24.2 Å². The van der Waals surface area contributed by atoms with Crippen LogP contribution in [0, 0.1) is 0 Å². The van der Waals surface area contributed by atoms with Crippen molar-refractivity contribution < 1.29 is 0 Å². The van der Waals surface area contributed by atoms with E-state index in [0.717, 1.165) is 11.4 Å². The molecule has 0 saturated heterocycles. The quantitative estimate of drug-likeness (QED) is 0.829. The Morgan fingerprint density at radius 2 is 2.31 bits per heavy atom. The van der Waals surface area contributed by atoms with Crippen molar-refractivity contribution in [2.24, 2.45) is 5.73 Å². The first-order valence-corrected chi connectivity index (χ1v) is 5.45. The molecule has 5 nitrogen and oxygen atoms in total. The molecule has 16 heavy (non-hydrogen) atoms. The van der Waals surface area contributed by atoms with Gasteiger partial charge in [-0.15, -0.1) is 5.10 Å². The van der Waals surface area contributed by atoms with Crippen LogP contribution in [0.3, 0.4) is 0 Å². The zero-order valence-corrected chi connectivity index (χ0v) is 8.87. The molecule has 0 atom stereocenters. The van der Waals surface area contributed by atoms with Gasteiger partial charge in [0.1, 0.15) is 0 Å². The lowest BCUT2D eigenvalue weighted by Crippen LogP contribution is -2.06. The number of nitrogens with two attached hydrogens (primary N) is 1. The lowest BCUT2D eigenvalue weighted by molar-refractivity contribution is 0.759. The zero-order chi connectivity index (χ0) is 11.0. The molecule has 1 aliphatic carbocycles. The third-order valence-electron chi connectivity index (χ3n) is 2.85. The van der Waals surface area contributed by atoms with Crippen LogP contribution in [0.4, 0.5) is 0 Å². The SMILES string of the molecule is NCc1cnn(-c2cccnn2)c1C1CC1. The minimum Gasteiger partial charge on any atom is -0.326 e. The minimum absolute atomic E-state index is 0.534. The molecule has 0 spiro atoms. The second-order valence-corrected chi connectivity index (χ2v) is 4.03. The van der Waals surface area contributed by atoms with Crippen LogP contribution in [0.25, 0.3) is 5.82 Å². The van der Waals surface area contributed by atoms with Crippen LogP contribution >= 0.6 is 0 Å². The summed E-state index contributed by atoms with van der Waals surface area (Å²) in [7, 11) is 0. The highest BCUT2D eigenvalue weighted by Gasteiger charge is 2.30. The van der Waals surface area contributed by atoms with Gasteiger partial charge in [0.05, 0.1) is 11.9 Å². The third-order valence-corrected chi connectivity index (χ3v) is 2.85. The van der Waals surface area contributed by atoms with E-state index < -0.39 is 0 Å². The van der Waals surface area contributed by atoms with E-state index in [9.17, 15) is 0 Å². The first kappa shape index (κ1) is 9.47. The number of rotatable bonds is 3. The predicted molar refractivity (Wildman–Crippen MR) is 59.0 cm³/mol. The summed E-state index contributed by atoms with van der Waals surface area (Å²) in [6, 6.07) is 3.77. The monoisotopic (exact) mass is 215 g/mol. The van der Waals surface area contributed by atoms with Crippen molar-refractivity contribution in [1.82, 2.24) is 20.0 Å². The summed E-state index contributed by atoms with van der Waals surface area (Å²) in [6.45, 7) is 0.534. The van der Waals surface area contributed by atoms with E-state index in [0.29, 0.717) is 12.5 Å². The Bertz CT molecular complexity index is 486. The molecule has 0 aliphatic heterocycles. The normalized spacial score (nSPS) is 15.3. The van der Waals surface area contributed by atoms with Gasteiger partial charge in [-0.25, -0.2) is 4.68 Å². The Balaban J connectivity index is 2.10. The summed E-state index contributed by atoms with van der Waals surface area (Å²) in [4.78, 5) is 0. The molecule has 2 aromatic rings. The summed E-state index contributed by atoms with van der Waals surface area (Å²) in [5, 5.41) is 12.3. The molecule has 0 unspecified atom stereocenters. The molecule has 0 amide bonds. The van der Waals surface area contributed by atoms with Gasteiger partial charge >= 0.3 is 0 Å². The molecular weight excluding hydrogens is 202 g/mol. The molecule has 0 aromatic carbocycles. The van der Waals surface area contributed by atoms with Gasteiger partial charge in [-0.05, 0) is 25.0 Å². The smallest absolute Gasteiger partial charge is 0.175 e. The van der Waals surface area contributed by atoms with Crippen LogP contribution in [-0.4, -0.2) is 20.0 Å². The third kappa shape index (κ3) is 1.49. The summed E-state index contributed by atoms with van der Waals surface area (Å²) in [6.07, 6.45) is 5.94. The van der Waals surface area contributed by atoms with Crippen molar-refractivity contribution in [3.8, 4) is 5.82 Å². The largest absolute Gasteiger partial charge is 0.326 e. The molecule has 1 fully saturated rings. The van der Waals surface area contributed by atoms with Crippen LogP contribution < -0.4 is 5.73 Å². The van der Waals surface area contributed by atoms with E-state index in [1.54, 1.807) is 6.20 Å². The predicted octanol–water partition coefficient (Wildman–Crippen LogP) is 0.998. The fraction of sp³-hybridized carbons (Fsp3) is 0.364. The standard InChI is InChI=1S/C11H13N5/c12-6-9-7-14-16(11(9)8-3-4-8)10-2-1-5-13-15-10/h1-2,5,7-8H,3-4,6,12H2. The number of hydrogen-bond donors (Lipinski definition) is 1. The number of nitrogens with zero attached hydrogens (tertiary/aromatic N) is 4. The Hall–Kier alpha value is -1.75. The van der Waals surface area contributed by atoms with Gasteiger partial charge in [-0.2, -0.15) is 10.2 Å². The van der Waals surface area contributed by atoms with E-state index in [1.165, 1.54) is 18.5 Å². The number of aromatic nitrogens is 4. The minimum atomic E-state index is 0.534. The molecule has 82 valence electrons. The second-order valence-electron chi connectivity index (χ2n) is 4.03. The number of hydrogen-bond acceptors (Lipinski definition) is 4. The summed E-state index contributed by atoms with van der Waals surface area (Å²) >= 11 is 0. The maximum Gasteiger partial charge on any atom is 0.175 e. The van der Waals surface area contributed by atoms with Crippen LogP contribution in [0.2, 0.25) is 0 Å². The fourth-order valence-electron chi connectivity index (χ4n) is 1.93. The van der Waals surface area contributed by atoms with Gasteiger partial charge in [0.15, 0.2) is 5.82 Å². The van der Waals surface area contributed by atoms with Gasteiger partial charge in [-0.1, -0.05) is 0 Å². The Morgan fingerprint density at radius 1 is 1.44 bits per heavy atom. The molecule has 2 N–H and O–H groups in total. The van der Waals surface area contributed by atoms with Gasteiger partial charge in [0.25, 0.3) is 0 Å². The first-order chi connectivity index (χ1) is 7.90. The molecule has 0 radical (unpaired) electrons. The highest BCUT2D eigenvalue weighted by atomic mass is 15.3. The Morgan fingerprint density at radius 3 is 2.94 bits per heavy atom. The topological polar surface area (TPSA) is 69.6 Å². The van der Waals surface area contributed by atoms with E-state index in [1.807, 2.05) is 23.0 Å². The molecule has 0 bridgehead atoms. The van der Waals surface area contributed by atoms with Crippen LogP contribution in [-0.2, 0) is 6.54 Å². The molecule has 2 aromatic heterocycles. The zero-order valence-electron chi connectivity index (χ0n) is 8.87. The summed E-state index contributed by atoms with van der Waals surface area (Å²) < 4.78 is 1.87. The van der Waals surface area contributed by atoms with E-state index in [4.69, 9.17) is 5.73 Å². The lowest BCUT2D eigenvalue weighted by atomic mass is 10.2. The van der Waals surface area contributed by atoms with Crippen molar-refractivity contribution in [3.05, 3.63) is 35.8 Å². The average Bonchev–Trinajstić information content (AvgIpc) is 3.09. The first-order valence-electron chi connectivity index (χ1n) is 5.45. The molecule has 1 aliphatic rings. The van der Waals surface area contributed by atoms with Crippen molar-refractivity contribution in [2.45, 2.75) is 25.3 Å².